The van der Waals surface area contributed by atoms with Crippen LogP contribution in [-0.4, -0.2) is 30.0 Å². The van der Waals surface area contributed by atoms with Gasteiger partial charge in [-0.05, 0) is 30.2 Å². The van der Waals surface area contributed by atoms with Crippen LogP contribution < -0.4 is 5.32 Å². The van der Waals surface area contributed by atoms with Crippen LogP contribution in [0, 0.1) is 6.92 Å². The van der Waals surface area contributed by atoms with Crippen molar-refractivity contribution in [1.29, 1.82) is 0 Å². The molecule has 1 N–H and O–H groups in total. The van der Waals surface area contributed by atoms with Gasteiger partial charge in [0.25, 0.3) is 0 Å². The molecule has 1 aromatic carbocycles. The molecule has 1 aromatic heterocycles. The normalized spacial score (nSPS) is 10.8. The Hall–Kier alpha value is -1.65. The van der Waals surface area contributed by atoms with Gasteiger partial charge in [-0.15, -0.1) is 0 Å². The second kappa shape index (κ2) is 6.33. The molecule has 0 fully saturated rings. The van der Waals surface area contributed by atoms with Crippen LogP contribution >= 0.6 is 0 Å². The molecular weight excluding hydrogens is 226 g/mol. The number of ether oxygens (including phenoxy) is 1. The minimum absolute atomic E-state index is 0.741. The summed E-state index contributed by atoms with van der Waals surface area (Å²) in [6.45, 7) is 4.51. The first-order chi connectivity index (χ1) is 8.79. The zero-order valence-electron chi connectivity index (χ0n) is 10.9. The largest absolute Gasteiger partial charge is 0.383 e. The van der Waals surface area contributed by atoms with Gasteiger partial charge >= 0.3 is 0 Å². The number of rotatable bonds is 6. The zero-order valence-corrected chi connectivity index (χ0v) is 10.9. The third-order valence-corrected chi connectivity index (χ3v) is 2.72. The average molecular weight is 245 g/mol. The fraction of sp³-hybridized carbons (Fsp3) is 0.357. The van der Waals surface area contributed by atoms with Crippen LogP contribution in [0.15, 0.2) is 36.7 Å². The van der Waals surface area contributed by atoms with Crippen LogP contribution in [0.4, 0.5) is 0 Å². The SMILES string of the molecule is COCCNCc1ccc(-n2cc(C)cn2)cc1. The highest BCUT2D eigenvalue weighted by molar-refractivity contribution is 5.34. The van der Waals surface area contributed by atoms with E-state index >= 15 is 0 Å². The van der Waals surface area contributed by atoms with E-state index in [2.05, 4.69) is 34.7 Å². The van der Waals surface area contributed by atoms with Crippen molar-refractivity contribution in [3.8, 4) is 5.69 Å². The van der Waals surface area contributed by atoms with E-state index in [1.165, 1.54) is 11.1 Å². The average Bonchev–Trinajstić information content (AvgIpc) is 2.82. The molecule has 0 saturated heterocycles. The number of benzene rings is 1. The summed E-state index contributed by atoms with van der Waals surface area (Å²) >= 11 is 0. The number of nitrogens with zero attached hydrogens (tertiary/aromatic N) is 2. The number of hydrogen-bond acceptors (Lipinski definition) is 3. The number of nitrogens with one attached hydrogen (secondary N) is 1. The second-order valence-corrected chi connectivity index (χ2v) is 4.30. The van der Waals surface area contributed by atoms with Crippen LogP contribution in [0.25, 0.3) is 5.69 Å². The van der Waals surface area contributed by atoms with Crippen molar-refractivity contribution >= 4 is 0 Å². The lowest BCUT2D eigenvalue weighted by Crippen LogP contribution is -2.18. The first-order valence-electron chi connectivity index (χ1n) is 6.10. The summed E-state index contributed by atoms with van der Waals surface area (Å²) in [5.74, 6) is 0. The summed E-state index contributed by atoms with van der Waals surface area (Å²) in [6, 6.07) is 8.40. The summed E-state index contributed by atoms with van der Waals surface area (Å²) in [4.78, 5) is 0. The van der Waals surface area contributed by atoms with Crippen molar-refractivity contribution < 1.29 is 4.74 Å². The summed E-state index contributed by atoms with van der Waals surface area (Å²) < 4.78 is 6.87. The smallest absolute Gasteiger partial charge is 0.0645 e. The predicted molar refractivity (Wildman–Crippen MR) is 71.9 cm³/mol. The molecule has 0 saturated carbocycles. The molecule has 0 unspecified atom stereocenters. The van der Waals surface area contributed by atoms with E-state index in [9.17, 15) is 0 Å². The Labute approximate surface area is 108 Å². The van der Waals surface area contributed by atoms with Crippen molar-refractivity contribution in [2.75, 3.05) is 20.3 Å². The van der Waals surface area contributed by atoms with Crippen molar-refractivity contribution in [1.82, 2.24) is 15.1 Å². The maximum Gasteiger partial charge on any atom is 0.0645 e. The molecule has 0 aliphatic rings. The van der Waals surface area contributed by atoms with Gasteiger partial charge in [-0.3, -0.25) is 0 Å². The van der Waals surface area contributed by atoms with Gasteiger partial charge in [-0.2, -0.15) is 5.10 Å². The predicted octanol–water partition coefficient (Wildman–Crippen LogP) is 1.92. The Bertz CT molecular complexity index is 476. The molecule has 1 heterocycles. The molecule has 2 rings (SSSR count). The van der Waals surface area contributed by atoms with Crippen LogP contribution in [0.2, 0.25) is 0 Å². The van der Waals surface area contributed by atoms with Crippen molar-refractivity contribution in [3.05, 3.63) is 47.8 Å². The van der Waals surface area contributed by atoms with Crippen LogP contribution in [0.3, 0.4) is 0 Å². The number of aryl methyl sites for hydroxylation is 1. The van der Waals surface area contributed by atoms with E-state index in [-0.39, 0.29) is 0 Å². The van der Waals surface area contributed by atoms with E-state index in [4.69, 9.17) is 4.74 Å². The van der Waals surface area contributed by atoms with Gasteiger partial charge in [0, 0.05) is 26.4 Å². The molecule has 0 bridgehead atoms. The lowest BCUT2D eigenvalue weighted by Gasteiger charge is -2.06. The van der Waals surface area contributed by atoms with Crippen molar-refractivity contribution in [2.24, 2.45) is 0 Å². The summed E-state index contributed by atoms with van der Waals surface area (Å²) in [5, 5.41) is 7.61. The third kappa shape index (κ3) is 3.42. The third-order valence-electron chi connectivity index (χ3n) is 2.72. The second-order valence-electron chi connectivity index (χ2n) is 4.30. The van der Waals surface area contributed by atoms with Gasteiger partial charge in [0.05, 0.1) is 18.5 Å². The highest BCUT2D eigenvalue weighted by atomic mass is 16.5. The first-order valence-corrected chi connectivity index (χ1v) is 6.10. The molecular formula is C14H19N3O. The minimum atomic E-state index is 0.741. The number of methoxy groups -OCH3 is 1. The fourth-order valence-electron chi connectivity index (χ4n) is 1.73. The summed E-state index contributed by atoms with van der Waals surface area (Å²) in [6.07, 6.45) is 3.88. The summed E-state index contributed by atoms with van der Waals surface area (Å²) in [7, 11) is 1.71. The molecule has 0 amide bonds. The first kappa shape index (κ1) is 12.8. The molecule has 0 aliphatic heterocycles. The molecule has 0 aliphatic carbocycles. The van der Waals surface area contributed by atoms with Gasteiger partial charge in [-0.1, -0.05) is 12.1 Å². The fourth-order valence-corrected chi connectivity index (χ4v) is 1.73. The monoisotopic (exact) mass is 245 g/mol. The van der Waals surface area contributed by atoms with Gasteiger partial charge in [0.2, 0.25) is 0 Å². The highest BCUT2D eigenvalue weighted by Gasteiger charge is 1.98. The molecule has 96 valence electrons. The minimum Gasteiger partial charge on any atom is -0.383 e. The standard InChI is InChI=1S/C14H19N3O/c1-12-9-16-17(11-12)14-5-3-13(4-6-14)10-15-7-8-18-2/h3-6,9,11,15H,7-8,10H2,1-2H3. The maximum atomic E-state index is 4.98. The van der Waals surface area contributed by atoms with Crippen molar-refractivity contribution in [2.45, 2.75) is 13.5 Å². The van der Waals surface area contributed by atoms with E-state index in [0.29, 0.717) is 0 Å². The van der Waals surface area contributed by atoms with Gasteiger partial charge in [0.1, 0.15) is 0 Å². The molecule has 0 atom stereocenters. The Morgan fingerprint density at radius 2 is 2.06 bits per heavy atom. The molecule has 0 radical (unpaired) electrons. The number of hydrogen-bond donors (Lipinski definition) is 1. The molecule has 2 aromatic rings. The molecule has 18 heavy (non-hydrogen) atoms. The van der Waals surface area contributed by atoms with Gasteiger partial charge in [-0.25, -0.2) is 4.68 Å². The van der Waals surface area contributed by atoms with Crippen LogP contribution in [-0.2, 0) is 11.3 Å². The quantitative estimate of drug-likeness (QED) is 0.790. The Morgan fingerprint density at radius 1 is 1.28 bits per heavy atom. The van der Waals surface area contributed by atoms with Crippen LogP contribution in [0.1, 0.15) is 11.1 Å². The maximum absolute atomic E-state index is 4.98. The lowest BCUT2D eigenvalue weighted by atomic mass is 10.2. The zero-order chi connectivity index (χ0) is 12.8. The number of aromatic nitrogens is 2. The van der Waals surface area contributed by atoms with Gasteiger partial charge < -0.3 is 10.1 Å². The van der Waals surface area contributed by atoms with Crippen molar-refractivity contribution in [3.63, 3.8) is 0 Å². The Balaban J connectivity index is 1.93. The van der Waals surface area contributed by atoms with E-state index < -0.39 is 0 Å². The molecule has 0 spiro atoms. The van der Waals surface area contributed by atoms with E-state index in [1.807, 2.05) is 24.0 Å². The van der Waals surface area contributed by atoms with E-state index in [0.717, 1.165) is 25.4 Å². The molecule has 4 heteroatoms. The van der Waals surface area contributed by atoms with E-state index in [1.54, 1.807) is 7.11 Å². The highest BCUT2D eigenvalue weighted by Crippen LogP contribution is 2.09. The summed E-state index contributed by atoms with van der Waals surface area (Å²) in [5.41, 5.74) is 3.52. The Kier molecular flexibility index (Phi) is 4.50. The topological polar surface area (TPSA) is 39.1 Å². The van der Waals surface area contributed by atoms with Gasteiger partial charge in [0.15, 0.2) is 0 Å². The Morgan fingerprint density at radius 3 is 2.67 bits per heavy atom. The lowest BCUT2D eigenvalue weighted by molar-refractivity contribution is 0.199. The molecule has 4 nitrogen and oxygen atoms in total. The van der Waals surface area contributed by atoms with Crippen LogP contribution in [0.5, 0.6) is 0 Å².